The Hall–Kier alpha value is -1.57. The molecule has 0 spiro atoms. The number of carbonyl (C=O) groups excluding carboxylic acids is 1. The summed E-state index contributed by atoms with van der Waals surface area (Å²) < 4.78 is 0. The molecule has 0 saturated carbocycles. The standard InChI is InChI=1S/C21H33NO/c1-3-4-5-6-7-8-9-10-11-18-22-21(23)17-16-20-14-12-19(2)13-15-20/h12-17H,3-11,18H2,1-2H3,(H,22,23)/b17-16+. The van der Waals surface area contributed by atoms with Crippen molar-refractivity contribution in [2.24, 2.45) is 0 Å². The largest absolute Gasteiger partial charge is 0.353 e. The zero-order chi connectivity index (χ0) is 16.8. The fourth-order valence-corrected chi connectivity index (χ4v) is 2.56. The predicted molar refractivity (Wildman–Crippen MR) is 100 cm³/mol. The average molecular weight is 316 g/mol. The van der Waals surface area contributed by atoms with E-state index in [0.717, 1.165) is 18.5 Å². The van der Waals surface area contributed by atoms with Crippen LogP contribution in [-0.2, 0) is 4.79 Å². The van der Waals surface area contributed by atoms with Crippen LogP contribution < -0.4 is 5.32 Å². The second-order valence-corrected chi connectivity index (χ2v) is 6.36. The van der Waals surface area contributed by atoms with Crippen molar-refractivity contribution in [2.45, 2.75) is 71.6 Å². The Balaban J connectivity index is 1.98. The van der Waals surface area contributed by atoms with Gasteiger partial charge in [0.05, 0.1) is 0 Å². The van der Waals surface area contributed by atoms with Crippen molar-refractivity contribution in [2.75, 3.05) is 6.54 Å². The summed E-state index contributed by atoms with van der Waals surface area (Å²) in [5.74, 6) is 0.00476. The van der Waals surface area contributed by atoms with Crippen LogP contribution in [0.1, 0.15) is 75.8 Å². The molecule has 0 bridgehead atoms. The molecule has 0 heterocycles. The smallest absolute Gasteiger partial charge is 0.243 e. The van der Waals surface area contributed by atoms with Gasteiger partial charge in [-0.25, -0.2) is 0 Å². The molecule has 1 rings (SSSR count). The van der Waals surface area contributed by atoms with Crippen LogP contribution in [0.5, 0.6) is 0 Å². The Labute approximate surface area is 142 Å². The van der Waals surface area contributed by atoms with Crippen LogP contribution in [0.4, 0.5) is 0 Å². The molecular formula is C21H33NO. The molecule has 1 N–H and O–H groups in total. The number of aryl methyl sites for hydroxylation is 1. The van der Waals surface area contributed by atoms with Crippen molar-refractivity contribution in [3.8, 4) is 0 Å². The lowest BCUT2D eigenvalue weighted by Crippen LogP contribution is -2.21. The number of hydrogen-bond acceptors (Lipinski definition) is 1. The third-order valence-corrected chi connectivity index (χ3v) is 4.08. The zero-order valence-electron chi connectivity index (χ0n) is 14.9. The van der Waals surface area contributed by atoms with E-state index in [9.17, 15) is 4.79 Å². The van der Waals surface area contributed by atoms with Crippen molar-refractivity contribution in [1.82, 2.24) is 5.32 Å². The summed E-state index contributed by atoms with van der Waals surface area (Å²) in [6, 6.07) is 8.17. The molecule has 0 aliphatic heterocycles. The van der Waals surface area contributed by atoms with Gasteiger partial charge >= 0.3 is 0 Å². The van der Waals surface area contributed by atoms with Crippen molar-refractivity contribution in [3.05, 3.63) is 41.5 Å². The fraction of sp³-hybridized carbons (Fsp3) is 0.571. The number of carbonyl (C=O) groups is 1. The Morgan fingerprint density at radius 1 is 0.913 bits per heavy atom. The van der Waals surface area contributed by atoms with Crippen LogP contribution in [0.15, 0.2) is 30.3 Å². The topological polar surface area (TPSA) is 29.1 Å². The maximum Gasteiger partial charge on any atom is 0.243 e. The molecule has 0 aliphatic carbocycles. The summed E-state index contributed by atoms with van der Waals surface area (Å²) in [5, 5.41) is 2.96. The summed E-state index contributed by atoms with van der Waals surface area (Å²) >= 11 is 0. The summed E-state index contributed by atoms with van der Waals surface area (Å²) in [6.45, 7) is 5.10. The van der Waals surface area contributed by atoms with E-state index in [0.29, 0.717) is 0 Å². The molecule has 128 valence electrons. The molecule has 2 nitrogen and oxygen atoms in total. The molecule has 0 unspecified atom stereocenters. The molecule has 0 fully saturated rings. The quantitative estimate of drug-likeness (QED) is 0.391. The maximum atomic E-state index is 11.7. The molecule has 0 radical (unpaired) electrons. The van der Waals surface area contributed by atoms with Gasteiger partial charge in [0.15, 0.2) is 0 Å². The SMILES string of the molecule is CCCCCCCCCCCNC(=O)/C=C/c1ccc(C)cc1. The zero-order valence-corrected chi connectivity index (χ0v) is 14.9. The van der Waals surface area contributed by atoms with E-state index in [1.54, 1.807) is 6.08 Å². The lowest BCUT2D eigenvalue weighted by Gasteiger charge is -2.03. The highest BCUT2D eigenvalue weighted by Gasteiger charge is 1.96. The van der Waals surface area contributed by atoms with Crippen molar-refractivity contribution in [1.29, 1.82) is 0 Å². The lowest BCUT2D eigenvalue weighted by atomic mass is 10.1. The third-order valence-electron chi connectivity index (χ3n) is 4.08. The Kier molecular flexibility index (Phi) is 10.9. The molecule has 0 saturated heterocycles. The number of benzene rings is 1. The molecule has 1 aromatic carbocycles. The minimum atomic E-state index is 0.00476. The van der Waals surface area contributed by atoms with Crippen LogP contribution in [0.3, 0.4) is 0 Å². The first-order chi connectivity index (χ1) is 11.2. The number of unbranched alkanes of at least 4 members (excludes halogenated alkanes) is 8. The highest BCUT2D eigenvalue weighted by atomic mass is 16.1. The molecule has 0 atom stereocenters. The van der Waals surface area contributed by atoms with Gasteiger partial charge in [-0.2, -0.15) is 0 Å². The first-order valence-corrected chi connectivity index (χ1v) is 9.25. The average Bonchev–Trinajstić information content (AvgIpc) is 2.56. The minimum Gasteiger partial charge on any atom is -0.353 e. The van der Waals surface area contributed by atoms with Crippen molar-refractivity contribution < 1.29 is 4.79 Å². The van der Waals surface area contributed by atoms with Crippen LogP contribution in [0.2, 0.25) is 0 Å². The third kappa shape index (κ3) is 10.7. The number of rotatable bonds is 12. The number of hydrogen-bond donors (Lipinski definition) is 1. The van der Waals surface area contributed by atoms with Crippen molar-refractivity contribution >= 4 is 12.0 Å². The molecule has 2 heteroatoms. The van der Waals surface area contributed by atoms with Crippen LogP contribution in [0.25, 0.3) is 6.08 Å². The van der Waals surface area contributed by atoms with E-state index in [4.69, 9.17) is 0 Å². The normalized spacial score (nSPS) is 11.0. The van der Waals surface area contributed by atoms with E-state index >= 15 is 0 Å². The molecule has 1 amide bonds. The van der Waals surface area contributed by atoms with E-state index < -0.39 is 0 Å². The second-order valence-electron chi connectivity index (χ2n) is 6.36. The van der Waals surface area contributed by atoms with Gasteiger partial charge in [0, 0.05) is 12.6 Å². The number of nitrogens with one attached hydrogen (secondary N) is 1. The van der Waals surface area contributed by atoms with Gasteiger partial charge in [0.1, 0.15) is 0 Å². The minimum absolute atomic E-state index is 0.00476. The number of amides is 1. The van der Waals surface area contributed by atoms with Gasteiger partial charge in [-0.3, -0.25) is 4.79 Å². The highest BCUT2D eigenvalue weighted by Crippen LogP contribution is 2.09. The molecule has 0 aliphatic rings. The van der Waals surface area contributed by atoms with E-state index in [1.807, 2.05) is 18.2 Å². The Morgan fingerprint density at radius 3 is 2.09 bits per heavy atom. The van der Waals surface area contributed by atoms with Gasteiger partial charge < -0.3 is 5.32 Å². The Morgan fingerprint density at radius 2 is 1.48 bits per heavy atom. The second kappa shape index (κ2) is 12.9. The molecule has 0 aromatic heterocycles. The molecular weight excluding hydrogens is 282 g/mol. The highest BCUT2D eigenvalue weighted by molar-refractivity contribution is 5.91. The maximum absolute atomic E-state index is 11.7. The van der Waals surface area contributed by atoms with Gasteiger partial charge in [-0.1, -0.05) is 88.1 Å². The van der Waals surface area contributed by atoms with E-state index in [2.05, 4.69) is 31.3 Å². The van der Waals surface area contributed by atoms with Gasteiger partial charge in [0.25, 0.3) is 0 Å². The van der Waals surface area contributed by atoms with Crippen molar-refractivity contribution in [3.63, 3.8) is 0 Å². The predicted octanol–water partition coefficient (Wildman–Crippen LogP) is 5.66. The van der Waals surface area contributed by atoms with Crippen LogP contribution in [0, 0.1) is 6.92 Å². The van der Waals surface area contributed by atoms with Gasteiger partial charge in [-0.15, -0.1) is 0 Å². The summed E-state index contributed by atoms with van der Waals surface area (Å²) in [6.07, 6.45) is 15.3. The van der Waals surface area contributed by atoms with E-state index in [1.165, 1.54) is 56.9 Å². The van der Waals surface area contributed by atoms with Crippen LogP contribution in [-0.4, -0.2) is 12.5 Å². The van der Waals surface area contributed by atoms with Crippen LogP contribution >= 0.6 is 0 Å². The first-order valence-electron chi connectivity index (χ1n) is 9.25. The first kappa shape index (κ1) is 19.5. The monoisotopic (exact) mass is 315 g/mol. The molecule has 23 heavy (non-hydrogen) atoms. The fourth-order valence-electron chi connectivity index (χ4n) is 2.56. The summed E-state index contributed by atoms with van der Waals surface area (Å²) in [5.41, 5.74) is 2.30. The Bertz CT molecular complexity index is 447. The molecule has 1 aromatic rings. The summed E-state index contributed by atoms with van der Waals surface area (Å²) in [7, 11) is 0. The van der Waals surface area contributed by atoms with Gasteiger partial charge in [0.2, 0.25) is 5.91 Å². The lowest BCUT2D eigenvalue weighted by molar-refractivity contribution is -0.116. The van der Waals surface area contributed by atoms with Gasteiger partial charge in [-0.05, 0) is 25.0 Å². The van der Waals surface area contributed by atoms with E-state index in [-0.39, 0.29) is 5.91 Å². The summed E-state index contributed by atoms with van der Waals surface area (Å²) in [4.78, 5) is 11.7.